The van der Waals surface area contributed by atoms with E-state index in [-0.39, 0.29) is 16.9 Å². The molecule has 3 nitrogen and oxygen atoms in total. The molecule has 0 bridgehead atoms. The van der Waals surface area contributed by atoms with Crippen LogP contribution < -0.4 is 5.32 Å². The number of halogens is 2. The first kappa shape index (κ1) is 16.0. The summed E-state index contributed by atoms with van der Waals surface area (Å²) in [6.07, 6.45) is 1.71. The van der Waals surface area contributed by atoms with E-state index < -0.39 is 0 Å². The van der Waals surface area contributed by atoms with Crippen molar-refractivity contribution in [3.8, 4) is 0 Å². The Morgan fingerprint density at radius 2 is 2.10 bits per heavy atom. The molecule has 0 radical (unpaired) electrons. The lowest BCUT2D eigenvalue weighted by Gasteiger charge is -2.19. The number of nitrogens with one attached hydrogen (secondary N) is 1. The Labute approximate surface area is 130 Å². The number of benzene rings is 1. The predicted molar refractivity (Wildman–Crippen MR) is 84.1 cm³/mol. The molecule has 21 heavy (non-hydrogen) atoms. The smallest absolute Gasteiger partial charge is 0.141 e. The maximum absolute atomic E-state index is 13.3. The summed E-state index contributed by atoms with van der Waals surface area (Å²) in [5.74, 6) is -0.385. The van der Waals surface area contributed by atoms with Crippen molar-refractivity contribution in [2.24, 2.45) is 7.05 Å². The average molecular weight is 310 g/mol. The predicted octanol–water partition coefficient (Wildman–Crippen LogP) is 3.67. The minimum atomic E-state index is -0.385. The first-order valence-electron chi connectivity index (χ1n) is 7.25. The molecule has 1 aromatic heterocycles. The van der Waals surface area contributed by atoms with Gasteiger partial charge in [-0.2, -0.15) is 5.10 Å². The first-order chi connectivity index (χ1) is 10.0. The highest BCUT2D eigenvalue weighted by atomic mass is 35.5. The second-order valence-corrected chi connectivity index (χ2v) is 5.50. The number of rotatable bonds is 6. The van der Waals surface area contributed by atoms with Crippen molar-refractivity contribution in [3.63, 3.8) is 0 Å². The number of hydrogen-bond acceptors (Lipinski definition) is 2. The van der Waals surface area contributed by atoms with E-state index in [0.717, 1.165) is 36.3 Å². The van der Waals surface area contributed by atoms with Crippen LogP contribution in [0.4, 0.5) is 4.39 Å². The van der Waals surface area contributed by atoms with Crippen molar-refractivity contribution in [1.82, 2.24) is 15.1 Å². The van der Waals surface area contributed by atoms with E-state index in [1.54, 1.807) is 12.1 Å². The largest absolute Gasteiger partial charge is 0.310 e. The fraction of sp³-hybridized carbons (Fsp3) is 0.438. The summed E-state index contributed by atoms with van der Waals surface area (Å²) in [4.78, 5) is 0. The Morgan fingerprint density at radius 3 is 2.67 bits per heavy atom. The highest BCUT2D eigenvalue weighted by Gasteiger charge is 2.15. The Bertz CT molecular complexity index is 610. The minimum absolute atomic E-state index is 0.0909. The van der Waals surface area contributed by atoms with Crippen molar-refractivity contribution < 1.29 is 4.39 Å². The third-order valence-electron chi connectivity index (χ3n) is 3.60. The minimum Gasteiger partial charge on any atom is -0.310 e. The highest BCUT2D eigenvalue weighted by Crippen LogP contribution is 2.24. The standard InChI is InChI=1S/C16H21ClFN3/c1-4-12-9-13(21(3)20-12)10-16(19-5-2)11-6-7-15(18)14(17)8-11/h6-9,16,19H,4-5,10H2,1-3H3. The first-order valence-corrected chi connectivity index (χ1v) is 7.63. The summed E-state index contributed by atoms with van der Waals surface area (Å²) in [5, 5.41) is 8.06. The van der Waals surface area contributed by atoms with E-state index in [1.807, 2.05) is 11.7 Å². The topological polar surface area (TPSA) is 29.9 Å². The zero-order valence-electron chi connectivity index (χ0n) is 12.7. The quantitative estimate of drug-likeness (QED) is 0.882. The van der Waals surface area contributed by atoms with Crippen LogP contribution in [0.25, 0.3) is 0 Å². The van der Waals surface area contributed by atoms with Gasteiger partial charge < -0.3 is 5.32 Å². The van der Waals surface area contributed by atoms with Gasteiger partial charge in [-0.3, -0.25) is 4.68 Å². The maximum atomic E-state index is 13.3. The second-order valence-electron chi connectivity index (χ2n) is 5.09. The molecule has 1 heterocycles. The third kappa shape index (κ3) is 3.83. The van der Waals surface area contributed by atoms with Gasteiger partial charge in [0, 0.05) is 25.2 Å². The van der Waals surface area contributed by atoms with Crippen LogP contribution >= 0.6 is 11.6 Å². The van der Waals surface area contributed by atoms with Crippen LogP contribution in [0.2, 0.25) is 5.02 Å². The van der Waals surface area contributed by atoms with E-state index >= 15 is 0 Å². The number of likely N-dealkylation sites (N-methyl/N-ethyl adjacent to an activating group) is 1. The Morgan fingerprint density at radius 1 is 1.33 bits per heavy atom. The van der Waals surface area contributed by atoms with Crippen molar-refractivity contribution in [2.75, 3.05) is 6.54 Å². The molecule has 1 unspecified atom stereocenters. The van der Waals surface area contributed by atoms with Crippen molar-refractivity contribution in [1.29, 1.82) is 0 Å². The molecule has 2 aromatic rings. The molecule has 0 saturated heterocycles. The molecular weight excluding hydrogens is 289 g/mol. The van der Waals surface area contributed by atoms with Crippen LogP contribution in [-0.2, 0) is 19.9 Å². The van der Waals surface area contributed by atoms with Crippen LogP contribution in [0.15, 0.2) is 24.3 Å². The van der Waals surface area contributed by atoms with Gasteiger partial charge in [0.1, 0.15) is 5.82 Å². The Balaban J connectivity index is 2.25. The fourth-order valence-corrected chi connectivity index (χ4v) is 2.62. The van der Waals surface area contributed by atoms with E-state index in [9.17, 15) is 4.39 Å². The molecule has 0 aliphatic carbocycles. The van der Waals surface area contributed by atoms with Gasteiger partial charge in [-0.25, -0.2) is 4.39 Å². The monoisotopic (exact) mass is 309 g/mol. The molecule has 0 spiro atoms. The molecule has 1 atom stereocenters. The summed E-state index contributed by atoms with van der Waals surface area (Å²) < 4.78 is 15.2. The fourth-order valence-electron chi connectivity index (χ4n) is 2.43. The summed E-state index contributed by atoms with van der Waals surface area (Å²) >= 11 is 5.90. The average Bonchev–Trinajstić information content (AvgIpc) is 2.82. The summed E-state index contributed by atoms with van der Waals surface area (Å²) in [7, 11) is 1.95. The van der Waals surface area contributed by atoms with Crippen LogP contribution in [-0.4, -0.2) is 16.3 Å². The molecule has 5 heteroatoms. The summed E-state index contributed by atoms with van der Waals surface area (Å²) in [6.45, 7) is 4.98. The lowest BCUT2D eigenvalue weighted by molar-refractivity contribution is 0.527. The van der Waals surface area contributed by atoms with Gasteiger partial charge in [-0.05, 0) is 36.7 Å². The molecule has 0 aliphatic heterocycles. The number of aromatic nitrogens is 2. The van der Waals surface area contributed by atoms with E-state index in [0.29, 0.717) is 0 Å². The normalized spacial score (nSPS) is 12.6. The van der Waals surface area contributed by atoms with E-state index in [1.165, 1.54) is 6.07 Å². The van der Waals surface area contributed by atoms with Gasteiger partial charge in [0.15, 0.2) is 0 Å². The number of nitrogens with zero attached hydrogens (tertiary/aromatic N) is 2. The molecule has 1 aromatic carbocycles. The van der Waals surface area contributed by atoms with Crippen molar-refractivity contribution >= 4 is 11.6 Å². The lowest BCUT2D eigenvalue weighted by Crippen LogP contribution is -2.24. The van der Waals surface area contributed by atoms with Crippen molar-refractivity contribution in [3.05, 3.63) is 52.1 Å². The molecular formula is C16H21ClFN3. The number of aryl methyl sites for hydroxylation is 2. The van der Waals surface area contributed by atoms with Gasteiger partial charge >= 0.3 is 0 Å². The van der Waals surface area contributed by atoms with Crippen LogP contribution in [0, 0.1) is 5.82 Å². The second kappa shape index (κ2) is 7.05. The summed E-state index contributed by atoms with van der Waals surface area (Å²) in [6, 6.07) is 7.11. The molecule has 114 valence electrons. The molecule has 2 rings (SSSR count). The van der Waals surface area contributed by atoms with Gasteiger partial charge in [0.25, 0.3) is 0 Å². The molecule has 0 amide bonds. The highest BCUT2D eigenvalue weighted by molar-refractivity contribution is 6.30. The molecule has 0 aliphatic rings. The Kier molecular flexibility index (Phi) is 5.37. The van der Waals surface area contributed by atoms with Crippen LogP contribution in [0.5, 0.6) is 0 Å². The SMILES string of the molecule is CCNC(Cc1cc(CC)nn1C)c1ccc(F)c(Cl)c1. The third-order valence-corrected chi connectivity index (χ3v) is 3.89. The summed E-state index contributed by atoms with van der Waals surface area (Å²) in [5.41, 5.74) is 3.22. The molecule has 1 N–H and O–H groups in total. The molecule has 0 fully saturated rings. The molecule has 0 saturated carbocycles. The zero-order valence-corrected chi connectivity index (χ0v) is 13.4. The Hall–Kier alpha value is -1.39. The van der Waals surface area contributed by atoms with E-state index in [4.69, 9.17) is 11.6 Å². The lowest BCUT2D eigenvalue weighted by atomic mass is 10.0. The van der Waals surface area contributed by atoms with Gasteiger partial charge in [-0.15, -0.1) is 0 Å². The zero-order chi connectivity index (χ0) is 15.4. The van der Waals surface area contributed by atoms with Gasteiger partial charge in [0.05, 0.1) is 10.7 Å². The van der Waals surface area contributed by atoms with E-state index in [2.05, 4.69) is 30.3 Å². The van der Waals surface area contributed by atoms with Gasteiger partial charge in [0.2, 0.25) is 0 Å². The van der Waals surface area contributed by atoms with Gasteiger partial charge in [-0.1, -0.05) is 31.5 Å². The van der Waals surface area contributed by atoms with Crippen molar-refractivity contribution in [2.45, 2.75) is 32.7 Å². The maximum Gasteiger partial charge on any atom is 0.141 e. The van der Waals surface area contributed by atoms with Crippen LogP contribution in [0.3, 0.4) is 0 Å². The number of hydrogen-bond donors (Lipinski definition) is 1. The van der Waals surface area contributed by atoms with Crippen LogP contribution in [0.1, 0.15) is 36.8 Å².